The number of ether oxygens (including phenoxy) is 3. The number of carbonyl (C=O) groups excluding carboxylic acids is 2. The Kier molecular flexibility index (Phi) is 6.16. The number of rotatable bonds is 8. The molecule has 1 aliphatic rings. The fourth-order valence-corrected chi connectivity index (χ4v) is 3.07. The van der Waals surface area contributed by atoms with Gasteiger partial charge in [-0.15, -0.1) is 0 Å². The molecule has 3 rings (SSSR count). The van der Waals surface area contributed by atoms with E-state index in [0.29, 0.717) is 30.2 Å². The zero-order valence-electron chi connectivity index (χ0n) is 16.2. The molecule has 0 aromatic heterocycles. The first kappa shape index (κ1) is 19.7. The van der Waals surface area contributed by atoms with Crippen molar-refractivity contribution in [1.29, 1.82) is 0 Å². The molecule has 148 valence electrons. The minimum absolute atomic E-state index is 0.200. The zero-order chi connectivity index (χ0) is 20.1. The lowest BCUT2D eigenvalue weighted by atomic mass is 10.1. The van der Waals surface area contributed by atoms with Gasteiger partial charge in [-0.1, -0.05) is 30.3 Å². The minimum atomic E-state index is -0.821. The summed E-state index contributed by atoms with van der Waals surface area (Å²) in [4.78, 5) is 26.8. The van der Waals surface area contributed by atoms with Crippen molar-refractivity contribution in [2.75, 3.05) is 27.9 Å². The molecule has 0 bridgehead atoms. The fourth-order valence-electron chi connectivity index (χ4n) is 3.07. The maximum atomic E-state index is 12.6. The maximum Gasteiger partial charge on any atom is 0.333 e. The van der Waals surface area contributed by atoms with Crippen LogP contribution in [-0.2, 0) is 20.9 Å². The van der Waals surface area contributed by atoms with Crippen LogP contribution in [0.25, 0.3) is 0 Å². The van der Waals surface area contributed by atoms with Gasteiger partial charge in [-0.25, -0.2) is 4.79 Å². The smallest absolute Gasteiger partial charge is 0.333 e. The molecule has 2 aromatic carbocycles. The average molecular weight is 384 g/mol. The molecule has 1 fully saturated rings. The van der Waals surface area contributed by atoms with Crippen LogP contribution in [0, 0.1) is 0 Å². The third-order valence-electron chi connectivity index (χ3n) is 4.67. The molecule has 1 heterocycles. The van der Waals surface area contributed by atoms with Crippen LogP contribution in [0.3, 0.4) is 0 Å². The topological polar surface area (TPSA) is 76.9 Å². The molecule has 7 nitrogen and oxygen atoms in total. The highest BCUT2D eigenvalue weighted by Gasteiger charge is 2.41. The normalized spacial score (nSPS) is 18.7. The number of carbonyl (C=O) groups is 2. The number of esters is 1. The van der Waals surface area contributed by atoms with E-state index in [-0.39, 0.29) is 11.9 Å². The van der Waals surface area contributed by atoms with Crippen molar-refractivity contribution in [1.82, 2.24) is 10.2 Å². The first-order valence-corrected chi connectivity index (χ1v) is 8.95. The SMILES string of the molecule is COC(=O)C(NC(=O)C1CN1Cc1cc(OC)cc(OC)c1)c1ccccc1. The Balaban J connectivity index is 1.64. The predicted molar refractivity (Wildman–Crippen MR) is 103 cm³/mol. The third-order valence-corrected chi connectivity index (χ3v) is 4.67. The second-order valence-electron chi connectivity index (χ2n) is 6.54. The highest BCUT2D eigenvalue weighted by Crippen LogP contribution is 2.28. The van der Waals surface area contributed by atoms with E-state index in [2.05, 4.69) is 5.32 Å². The van der Waals surface area contributed by atoms with Gasteiger partial charge in [-0.2, -0.15) is 0 Å². The molecule has 3 atom stereocenters. The average Bonchev–Trinajstić information content (AvgIpc) is 3.50. The fraction of sp³-hybridized carbons (Fsp3) is 0.333. The quantitative estimate of drug-likeness (QED) is 0.554. The number of benzene rings is 2. The van der Waals surface area contributed by atoms with Gasteiger partial charge in [0.15, 0.2) is 6.04 Å². The van der Waals surface area contributed by atoms with Crippen molar-refractivity contribution in [3.8, 4) is 11.5 Å². The van der Waals surface area contributed by atoms with E-state index in [1.54, 1.807) is 32.4 Å². The molecule has 1 aliphatic heterocycles. The van der Waals surface area contributed by atoms with Crippen molar-refractivity contribution < 1.29 is 23.8 Å². The van der Waals surface area contributed by atoms with E-state index in [1.807, 2.05) is 35.2 Å². The van der Waals surface area contributed by atoms with Crippen molar-refractivity contribution in [3.05, 3.63) is 59.7 Å². The van der Waals surface area contributed by atoms with Crippen LogP contribution in [0.1, 0.15) is 17.2 Å². The number of hydrogen-bond acceptors (Lipinski definition) is 6. The molecule has 1 amide bonds. The monoisotopic (exact) mass is 384 g/mol. The number of methoxy groups -OCH3 is 3. The Bertz CT molecular complexity index is 818. The van der Waals surface area contributed by atoms with Crippen molar-refractivity contribution in [2.45, 2.75) is 18.6 Å². The van der Waals surface area contributed by atoms with E-state index >= 15 is 0 Å². The third kappa shape index (κ3) is 4.61. The lowest BCUT2D eigenvalue weighted by Gasteiger charge is -2.17. The minimum Gasteiger partial charge on any atom is -0.497 e. The Morgan fingerprint density at radius 2 is 1.71 bits per heavy atom. The predicted octanol–water partition coefficient (Wildman–Crippen LogP) is 1.92. The summed E-state index contributed by atoms with van der Waals surface area (Å²) in [5.41, 5.74) is 1.67. The Morgan fingerprint density at radius 1 is 1.07 bits per heavy atom. The summed E-state index contributed by atoms with van der Waals surface area (Å²) in [6, 6.07) is 13.6. The van der Waals surface area contributed by atoms with Crippen LogP contribution in [0.15, 0.2) is 48.5 Å². The Hall–Kier alpha value is -3.06. The molecule has 1 saturated heterocycles. The summed E-state index contributed by atoms with van der Waals surface area (Å²) < 4.78 is 15.4. The van der Waals surface area contributed by atoms with Crippen molar-refractivity contribution in [2.24, 2.45) is 0 Å². The van der Waals surface area contributed by atoms with Crippen LogP contribution < -0.4 is 14.8 Å². The molecular weight excluding hydrogens is 360 g/mol. The highest BCUT2D eigenvalue weighted by molar-refractivity contribution is 5.90. The summed E-state index contributed by atoms with van der Waals surface area (Å²) in [7, 11) is 4.51. The molecule has 1 N–H and O–H groups in total. The zero-order valence-corrected chi connectivity index (χ0v) is 16.2. The van der Waals surface area contributed by atoms with Crippen LogP contribution in [0.4, 0.5) is 0 Å². The van der Waals surface area contributed by atoms with Gasteiger partial charge in [-0.3, -0.25) is 9.69 Å². The maximum absolute atomic E-state index is 12.6. The van der Waals surface area contributed by atoms with Gasteiger partial charge in [0.1, 0.15) is 17.5 Å². The van der Waals surface area contributed by atoms with Crippen molar-refractivity contribution in [3.63, 3.8) is 0 Å². The number of nitrogens with zero attached hydrogens (tertiary/aromatic N) is 1. The second-order valence-corrected chi connectivity index (χ2v) is 6.54. The first-order valence-electron chi connectivity index (χ1n) is 8.95. The van der Waals surface area contributed by atoms with E-state index in [0.717, 1.165) is 5.56 Å². The molecule has 7 heteroatoms. The van der Waals surface area contributed by atoms with E-state index in [1.165, 1.54) is 7.11 Å². The van der Waals surface area contributed by atoms with E-state index < -0.39 is 12.0 Å². The molecule has 0 spiro atoms. The van der Waals surface area contributed by atoms with E-state index in [9.17, 15) is 9.59 Å². The highest BCUT2D eigenvalue weighted by atomic mass is 16.5. The molecule has 0 aliphatic carbocycles. The summed E-state index contributed by atoms with van der Waals surface area (Å²) >= 11 is 0. The first-order chi connectivity index (χ1) is 13.5. The van der Waals surface area contributed by atoms with Crippen LogP contribution in [-0.4, -0.2) is 50.7 Å². The van der Waals surface area contributed by atoms with Gasteiger partial charge in [0.2, 0.25) is 5.91 Å². The standard InChI is InChI=1S/C21H24N2O5/c1-26-16-9-14(10-17(11-16)27-2)12-23-13-18(23)20(24)22-19(21(25)28-3)15-7-5-4-6-8-15/h4-11,18-19H,12-13H2,1-3H3,(H,22,24). The summed E-state index contributed by atoms with van der Waals surface area (Å²) in [6.45, 7) is 1.20. The van der Waals surface area contributed by atoms with Gasteiger partial charge in [0.25, 0.3) is 0 Å². The van der Waals surface area contributed by atoms with Crippen LogP contribution in [0.2, 0.25) is 0 Å². The molecule has 28 heavy (non-hydrogen) atoms. The second kappa shape index (κ2) is 8.75. The van der Waals surface area contributed by atoms with Gasteiger partial charge >= 0.3 is 5.97 Å². The molecule has 2 aromatic rings. The lowest BCUT2D eigenvalue weighted by molar-refractivity contribution is -0.145. The molecule has 0 radical (unpaired) electrons. The molecule has 3 unspecified atom stereocenters. The lowest BCUT2D eigenvalue weighted by Crippen LogP contribution is -2.38. The van der Waals surface area contributed by atoms with Gasteiger partial charge in [-0.05, 0) is 23.3 Å². The number of amides is 1. The summed E-state index contributed by atoms with van der Waals surface area (Å²) in [5, 5.41) is 2.80. The van der Waals surface area contributed by atoms with Gasteiger partial charge in [0, 0.05) is 19.2 Å². The summed E-state index contributed by atoms with van der Waals surface area (Å²) in [5.74, 6) is 0.706. The Morgan fingerprint density at radius 3 is 2.29 bits per heavy atom. The number of hydrogen-bond donors (Lipinski definition) is 1. The number of nitrogens with one attached hydrogen (secondary N) is 1. The molecule has 0 saturated carbocycles. The molecular formula is C21H24N2O5. The van der Waals surface area contributed by atoms with Crippen LogP contribution in [0.5, 0.6) is 11.5 Å². The van der Waals surface area contributed by atoms with Gasteiger partial charge in [0.05, 0.1) is 21.3 Å². The van der Waals surface area contributed by atoms with Crippen LogP contribution >= 0.6 is 0 Å². The Labute approximate surface area is 164 Å². The van der Waals surface area contributed by atoms with Crippen molar-refractivity contribution >= 4 is 11.9 Å². The largest absolute Gasteiger partial charge is 0.497 e. The van der Waals surface area contributed by atoms with Gasteiger partial charge < -0.3 is 19.5 Å². The van der Waals surface area contributed by atoms with E-state index in [4.69, 9.17) is 14.2 Å². The summed E-state index contributed by atoms with van der Waals surface area (Å²) in [6.07, 6.45) is 0.